The summed E-state index contributed by atoms with van der Waals surface area (Å²) in [6.45, 7) is 9.20. The van der Waals surface area contributed by atoms with Gasteiger partial charge in [-0.25, -0.2) is 0 Å². The lowest BCUT2D eigenvalue weighted by molar-refractivity contribution is 0.359. The number of hydrogen-bond donors (Lipinski definition) is 0. The zero-order chi connectivity index (χ0) is 10.3. The quantitative estimate of drug-likeness (QED) is 0.608. The molecule has 0 rings (SSSR count). The van der Waals surface area contributed by atoms with Crippen LogP contribution in [-0.2, 0) is 0 Å². The van der Waals surface area contributed by atoms with E-state index in [0.29, 0.717) is 5.41 Å². The van der Waals surface area contributed by atoms with Gasteiger partial charge in [0, 0.05) is 5.33 Å². The van der Waals surface area contributed by atoms with Gasteiger partial charge < -0.3 is 0 Å². The van der Waals surface area contributed by atoms with Crippen molar-refractivity contribution in [1.29, 1.82) is 0 Å². The zero-order valence-electron chi connectivity index (χ0n) is 9.40. The lowest BCUT2D eigenvalue weighted by atomic mass is 9.87. The largest absolute Gasteiger partial charge is 0.161 e. The van der Waals surface area contributed by atoms with Gasteiger partial charge in [-0.05, 0) is 35.7 Å². The summed E-state index contributed by atoms with van der Waals surface area (Å²) >= 11 is 5.76. The molecule has 0 aliphatic carbocycles. The zero-order valence-corrected chi connectivity index (χ0v) is 11.8. The molecule has 0 aliphatic rings. The first kappa shape index (κ1) is 13.8. The fourth-order valence-corrected chi connectivity index (χ4v) is 3.98. The lowest BCUT2D eigenvalue weighted by Gasteiger charge is -2.29. The highest BCUT2D eigenvalue weighted by Crippen LogP contribution is 2.33. The second-order valence-corrected chi connectivity index (χ2v) is 5.84. The van der Waals surface area contributed by atoms with E-state index in [1.807, 2.05) is 0 Å². The van der Waals surface area contributed by atoms with Crippen LogP contribution in [0.1, 0.15) is 40.5 Å². The highest BCUT2D eigenvalue weighted by atomic mass is 79.9. The maximum Gasteiger partial charge on any atom is 0.00956 e. The molecule has 13 heavy (non-hydrogen) atoms. The van der Waals surface area contributed by atoms with Gasteiger partial charge in [0.2, 0.25) is 0 Å². The fourth-order valence-electron chi connectivity index (χ4n) is 1.19. The molecule has 0 saturated heterocycles. The molecule has 0 aromatic heterocycles. The maximum absolute atomic E-state index is 3.65. The summed E-state index contributed by atoms with van der Waals surface area (Å²) < 4.78 is 0. The third-order valence-corrected chi connectivity index (χ3v) is 5.55. The molecule has 0 N–H and O–H groups in total. The summed E-state index contributed by atoms with van der Waals surface area (Å²) in [6.07, 6.45) is 2.58. The molecule has 0 saturated carbocycles. The number of halogens is 1. The molecule has 0 nitrogen and oxygen atoms in total. The minimum atomic E-state index is 0.541. The van der Waals surface area contributed by atoms with Crippen LogP contribution in [0.4, 0.5) is 0 Å². The van der Waals surface area contributed by atoms with Gasteiger partial charge in [0.15, 0.2) is 0 Å². The Hall–Kier alpha value is 0.830. The number of hydrogen-bond acceptors (Lipinski definition) is 1. The van der Waals surface area contributed by atoms with Crippen molar-refractivity contribution in [3.8, 4) is 0 Å². The average molecular weight is 267 g/mol. The van der Waals surface area contributed by atoms with E-state index in [4.69, 9.17) is 0 Å². The van der Waals surface area contributed by atoms with Crippen LogP contribution < -0.4 is 0 Å². The summed E-state index contributed by atoms with van der Waals surface area (Å²) in [7, 11) is 0. The van der Waals surface area contributed by atoms with Crippen molar-refractivity contribution < 1.29 is 0 Å². The topological polar surface area (TPSA) is 0 Å². The smallest absolute Gasteiger partial charge is 0.00956 e. The van der Waals surface area contributed by atoms with Crippen LogP contribution in [0.15, 0.2) is 0 Å². The Morgan fingerprint density at radius 3 is 2.08 bits per heavy atom. The molecule has 0 radical (unpaired) electrons. The van der Waals surface area contributed by atoms with E-state index >= 15 is 0 Å². The third-order valence-electron chi connectivity index (χ3n) is 2.64. The molecule has 0 aromatic rings. The van der Waals surface area contributed by atoms with Crippen molar-refractivity contribution >= 4 is 27.7 Å². The van der Waals surface area contributed by atoms with Crippen molar-refractivity contribution in [3.05, 3.63) is 0 Å². The normalized spacial score (nSPS) is 12.5. The molecule has 0 fully saturated rings. The fraction of sp³-hybridized carbons (Fsp3) is 1.00. The molecule has 0 atom stereocenters. The van der Waals surface area contributed by atoms with E-state index in [1.165, 1.54) is 24.3 Å². The summed E-state index contributed by atoms with van der Waals surface area (Å²) in [5.74, 6) is 3.43. The SMILES string of the molecule is CCC(CC)(CBr)CSCC(C)C. The molecule has 0 bridgehead atoms. The van der Waals surface area contributed by atoms with Gasteiger partial charge in [-0.3, -0.25) is 0 Å². The van der Waals surface area contributed by atoms with Crippen LogP contribution >= 0.6 is 27.7 Å². The predicted octanol–water partition coefficient (Wildman–Crippen LogP) is 4.58. The Labute approximate surface area is 96.4 Å². The molecule has 0 amide bonds. The van der Waals surface area contributed by atoms with E-state index in [9.17, 15) is 0 Å². The van der Waals surface area contributed by atoms with E-state index in [-0.39, 0.29) is 0 Å². The van der Waals surface area contributed by atoms with E-state index < -0.39 is 0 Å². The van der Waals surface area contributed by atoms with Crippen molar-refractivity contribution in [2.75, 3.05) is 16.8 Å². The van der Waals surface area contributed by atoms with Crippen LogP contribution in [0.3, 0.4) is 0 Å². The Morgan fingerprint density at radius 1 is 1.23 bits per heavy atom. The first-order valence-electron chi connectivity index (χ1n) is 5.24. The molecule has 0 unspecified atom stereocenters. The van der Waals surface area contributed by atoms with Gasteiger partial charge in [-0.15, -0.1) is 0 Å². The first-order chi connectivity index (χ1) is 6.10. The minimum Gasteiger partial charge on any atom is -0.161 e. The van der Waals surface area contributed by atoms with Crippen LogP contribution in [-0.4, -0.2) is 16.8 Å². The van der Waals surface area contributed by atoms with Gasteiger partial charge in [0.05, 0.1) is 0 Å². The molecule has 80 valence electrons. The molecule has 0 aliphatic heterocycles. The van der Waals surface area contributed by atoms with Crippen LogP contribution in [0.2, 0.25) is 0 Å². The molecule has 0 heterocycles. The first-order valence-corrected chi connectivity index (χ1v) is 7.51. The average Bonchev–Trinajstić information content (AvgIpc) is 2.13. The van der Waals surface area contributed by atoms with Crippen molar-refractivity contribution in [2.24, 2.45) is 11.3 Å². The summed E-state index contributed by atoms with van der Waals surface area (Å²) in [4.78, 5) is 0. The van der Waals surface area contributed by atoms with Gasteiger partial charge in [0.25, 0.3) is 0 Å². The van der Waals surface area contributed by atoms with Crippen LogP contribution in [0.25, 0.3) is 0 Å². The standard InChI is InChI=1S/C11H23BrS/c1-5-11(6-2,8-12)9-13-7-10(3)4/h10H,5-9H2,1-4H3. The molecule has 0 spiro atoms. The van der Waals surface area contributed by atoms with Gasteiger partial charge in [-0.2, -0.15) is 11.8 Å². The number of rotatable bonds is 7. The summed E-state index contributed by atoms with van der Waals surface area (Å²) in [5.41, 5.74) is 0.541. The predicted molar refractivity (Wildman–Crippen MR) is 69.0 cm³/mol. The molecule has 0 aromatic carbocycles. The van der Waals surface area contributed by atoms with Gasteiger partial charge in [-0.1, -0.05) is 43.6 Å². The second-order valence-electron chi connectivity index (χ2n) is 4.25. The van der Waals surface area contributed by atoms with Gasteiger partial charge in [0.1, 0.15) is 0 Å². The minimum absolute atomic E-state index is 0.541. The van der Waals surface area contributed by atoms with Crippen LogP contribution in [0, 0.1) is 11.3 Å². The third kappa shape index (κ3) is 5.31. The maximum atomic E-state index is 3.65. The molecular weight excluding hydrogens is 244 g/mol. The van der Waals surface area contributed by atoms with Crippen LogP contribution in [0.5, 0.6) is 0 Å². The summed E-state index contributed by atoms with van der Waals surface area (Å²) in [5, 5.41) is 1.15. The second kappa shape index (κ2) is 7.17. The van der Waals surface area contributed by atoms with Crippen molar-refractivity contribution in [1.82, 2.24) is 0 Å². The number of thioether (sulfide) groups is 1. The highest BCUT2D eigenvalue weighted by molar-refractivity contribution is 9.09. The highest BCUT2D eigenvalue weighted by Gasteiger charge is 2.24. The monoisotopic (exact) mass is 266 g/mol. The van der Waals surface area contributed by atoms with Crippen molar-refractivity contribution in [3.63, 3.8) is 0 Å². The number of alkyl halides is 1. The summed E-state index contributed by atoms with van der Waals surface area (Å²) in [6, 6.07) is 0. The Kier molecular flexibility index (Phi) is 7.62. The van der Waals surface area contributed by atoms with Gasteiger partial charge >= 0.3 is 0 Å². The molecular formula is C11H23BrS. The Morgan fingerprint density at radius 2 is 1.77 bits per heavy atom. The molecule has 2 heteroatoms. The van der Waals surface area contributed by atoms with Crippen molar-refractivity contribution in [2.45, 2.75) is 40.5 Å². The van der Waals surface area contributed by atoms with E-state index in [2.05, 4.69) is 55.4 Å². The Bertz CT molecular complexity index is 111. The Balaban J connectivity index is 3.81. The van der Waals surface area contributed by atoms with E-state index in [0.717, 1.165) is 11.2 Å². The lowest BCUT2D eigenvalue weighted by Crippen LogP contribution is -2.24. The van der Waals surface area contributed by atoms with E-state index in [1.54, 1.807) is 0 Å².